The number of fused-ring (bicyclic) bond motifs is 9. The molecule has 15 rings (SSSR count). The molecule has 0 saturated carbocycles. The first-order chi connectivity index (χ1) is 38.5. The number of nitrogens with zero attached hydrogens (tertiary/aromatic N) is 2. The second kappa shape index (κ2) is 18.7. The van der Waals surface area contributed by atoms with Crippen molar-refractivity contribution in [3.8, 4) is 56.3 Å². The number of hydrogen-bond acceptors (Lipinski definition) is 3. The van der Waals surface area contributed by atoms with E-state index in [4.69, 9.17) is 0 Å². The van der Waals surface area contributed by atoms with Gasteiger partial charge in [0.25, 0.3) is 0 Å². The predicted molar refractivity (Wildman–Crippen MR) is 331 cm³/mol. The molecule has 0 amide bonds. The van der Waals surface area contributed by atoms with Gasteiger partial charge in [-0.3, -0.25) is 0 Å². The van der Waals surface area contributed by atoms with Crippen molar-refractivity contribution in [2.45, 2.75) is 45.8 Å². The minimum absolute atomic E-state index is 0.0407. The first-order valence-corrected chi connectivity index (χ1v) is 28.6. The maximum Gasteiger partial charge on any atom is 0.247 e. The van der Waals surface area contributed by atoms with Gasteiger partial charge in [0.1, 0.15) is 0 Å². The highest BCUT2D eigenvalue weighted by Gasteiger charge is 2.39. The Morgan fingerprint density at radius 1 is 0.449 bits per heavy atom. The molecule has 0 N–H and O–H groups in total. The van der Waals surface area contributed by atoms with E-state index >= 15 is 0 Å². The van der Waals surface area contributed by atoms with Crippen molar-refractivity contribution in [3.05, 3.63) is 265 Å². The van der Waals surface area contributed by atoms with E-state index in [0.29, 0.717) is 5.56 Å². The maximum atomic E-state index is 10.9. The molecule has 0 saturated heterocycles. The monoisotopic (exact) mass is 1030 g/mol. The van der Waals surface area contributed by atoms with Crippen LogP contribution in [-0.4, -0.2) is 11.3 Å². The van der Waals surface area contributed by atoms with Gasteiger partial charge in [-0.15, -0.1) is 0 Å². The highest BCUT2D eigenvalue weighted by atomic mass is 32.2. The van der Waals surface area contributed by atoms with Crippen LogP contribution in [0.25, 0.3) is 93.5 Å². The van der Waals surface area contributed by atoms with Crippen LogP contribution in [-0.2, 0) is 0 Å². The molecular weight excluding hydrogens is 980 g/mol. The molecule has 0 bridgehead atoms. The van der Waals surface area contributed by atoms with Crippen molar-refractivity contribution in [3.63, 3.8) is 0 Å². The smallest absolute Gasteiger partial charge is 0.247 e. The molecule has 0 aliphatic carbocycles. The van der Waals surface area contributed by atoms with Crippen LogP contribution in [0.1, 0.15) is 41.5 Å². The van der Waals surface area contributed by atoms with Crippen molar-refractivity contribution in [1.29, 1.82) is 5.26 Å². The Morgan fingerprint density at radius 2 is 0.962 bits per heavy atom. The van der Waals surface area contributed by atoms with Gasteiger partial charge in [0, 0.05) is 42.0 Å². The third-order valence-electron chi connectivity index (χ3n) is 16.6. The summed E-state index contributed by atoms with van der Waals surface area (Å²) in [5.74, 6) is 0.207. The molecule has 2 aliphatic rings. The van der Waals surface area contributed by atoms with Gasteiger partial charge in [-0.2, -0.15) is 5.26 Å². The second-order valence-electron chi connectivity index (χ2n) is 20.9. The van der Waals surface area contributed by atoms with Crippen molar-refractivity contribution in [2.75, 3.05) is 0 Å². The zero-order valence-electron chi connectivity index (χ0n) is 43.2. The molecule has 5 heteroatoms. The van der Waals surface area contributed by atoms with Crippen molar-refractivity contribution >= 4 is 90.0 Å². The third-order valence-corrected chi connectivity index (χ3v) is 18.9. The van der Waals surface area contributed by atoms with Crippen LogP contribution in [0, 0.1) is 18.3 Å². The minimum Gasteiger partial charge on any atom is -0.309 e. The number of hydrogen-bond donors (Lipinski definition) is 0. The van der Waals surface area contributed by atoms with E-state index in [0.717, 1.165) is 34.4 Å². The number of para-hydroxylation sites is 2. The summed E-state index contributed by atoms with van der Waals surface area (Å²) in [6.07, 6.45) is 0.975. The Morgan fingerprint density at radius 3 is 1.59 bits per heavy atom. The van der Waals surface area contributed by atoms with E-state index in [1.807, 2.05) is 23.5 Å². The lowest BCUT2D eigenvalue weighted by Gasteiger charge is -2.34. The Bertz CT molecular complexity index is 4550. The van der Waals surface area contributed by atoms with Gasteiger partial charge in [-0.25, -0.2) is 0 Å². The molecule has 1 atom stereocenters. The van der Waals surface area contributed by atoms with Gasteiger partial charge in [0.05, 0.1) is 22.7 Å². The van der Waals surface area contributed by atoms with Gasteiger partial charge in [-0.1, -0.05) is 223 Å². The molecule has 0 radical (unpaired) electrons. The quantitative estimate of drug-likeness (QED) is 0.112. The van der Waals surface area contributed by atoms with Crippen LogP contribution in [0.15, 0.2) is 262 Å². The first-order valence-electron chi connectivity index (χ1n) is 27.0. The van der Waals surface area contributed by atoms with E-state index in [1.165, 1.54) is 118 Å². The molecule has 78 heavy (non-hydrogen) atoms. The summed E-state index contributed by atoms with van der Waals surface area (Å²) in [7, 11) is 0. The summed E-state index contributed by atoms with van der Waals surface area (Å²) < 4.78 is 2.44. The predicted octanol–water partition coefficient (Wildman–Crippen LogP) is 17.9. The highest BCUT2D eigenvalue weighted by Crippen LogP contribution is 2.47. The van der Waals surface area contributed by atoms with E-state index in [1.54, 1.807) is 0 Å². The second-order valence-corrected chi connectivity index (χ2v) is 23.1. The van der Waals surface area contributed by atoms with Crippen LogP contribution < -0.4 is 16.4 Å². The largest absolute Gasteiger partial charge is 0.309 e. The Labute approximate surface area is 463 Å². The summed E-state index contributed by atoms with van der Waals surface area (Å²) in [4.78, 5) is 5.08. The molecule has 12 aromatic carbocycles. The highest BCUT2D eigenvalue weighted by molar-refractivity contribution is 8.01. The van der Waals surface area contributed by atoms with Gasteiger partial charge in [0.15, 0.2) is 0 Å². The molecule has 366 valence electrons. The summed E-state index contributed by atoms with van der Waals surface area (Å²) in [6.45, 7) is 4.59. The normalized spacial score (nSPS) is 12.9. The number of benzene rings is 12. The average Bonchev–Trinajstić information content (AvgIpc) is 3.99. The third kappa shape index (κ3) is 7.43. The average molecular weight is 1030 g/mol. The van der Waals surface area contributed by atoms with Crippen molar-refractivity contribution < 1.29 is 0 Å². The molecular formula is C73H49BN2S2. The van der Waals surface area contributed by atoms with E-state index in [2.05, 4.69) is 267 Å². The molecule has 3 heterocycles. The fourth-order valence-corrected chi connectivity index (χ4v) is 15.7. The number of rotatable bonds is 8. The van der Waals surface area contributed by atoms with Crippen LogP contribution >= 0.6 is 23.5 Å². The molecule has 1 aromatic heterocycles. The molecule has 0 fully saturated rings. The van der Waals surface area contributed by atoms with Crippen LogP contribution in [0.2, 0.25) is 0 Å². The Kier molecular flexibility index (Phi) is 11.2. The molecule has 0 spiro atoms. The summed E-state index contributed by atoms with van der Waals surface area (Å²) in [5, 5.41) is 18.1. The Balaban J connectivity index is 0.923. The lowest BCUT2D eigenvalue weighted by atomic mass is 9.36. The van der Waals surface area contributed by atoms with Gasteiger partial charge >= 0.3 is 0 Å². The zero-order valence-corrected chi connectivity index (χ0v) is 44.8. The van der Waals surface area contributed by atoms with Gasteiger partial charge in [0.2, 0.25) is 6.71 Å². The number of nitriles is 1. The fraction of sp³-hybridized carbons (Fsp3) is 0.0548. The SMILES string of the molecule is CCC(c1ccc2c(c1)Sc1cc(-c3cc(C#N)cc(-c4c5ccccc5c(-c5ccccc5)c5ccccc45)c3)cc3c1B2c1ccc(-n2c4ccccc4c4ccccc42)cc1S3)c1ccccc1-c1ccccc1C. The Hall–Kier alpha value is -8.79. The standard InChI is InChI=1S/C73H49BN2S2/c1-3-53(55-23-9-10-24-56(55)54-22-8-7-19-45(54)2)48-33-35-63-67(40-48)77-69-41-50(42-70-73(69)74(63)64-36-34-52(43-68(64)78-70)76-65-31-17-15-25-57(65)58-26-16-18-32-66(58)76)49-37-46(44-75)38-51(39-49)72-61-29-13-11-27-59(61)71(47-20-5-4-6-21-47)60-28-12-14-30-62(60)72/h4-43,53H,3H2,1-2H3. The van der Waals surface area contributed by atoms with Gasteiger partial charge in [-0.05, 0) is 162 Å². The van der Waals surface area contributed by atoms with E-state index in [-0.39, 0.29) is 12.6 Å². The van der Waals surface area contributed by atoms with Gasteiger partial charge < -0.3 is 4.57 Å². The van der Waals surface area contributed by atoms with E-state index < -0.39 is 0 Å². The summed E-state index contributed by atoms with van der Waals surface area (Å²) in [5.41, 5.74) is 21.6. The van der Waals surface area contributed by atoms with Crippen molar-refractivity contribution in [2.24, 2.45) is 0 Å². The molecule has 13 aromatic rings. The summed E-state index contributed by atoms with van der Waals surface area (Å²) >= 11 is 3.80. The topological polar surface area (TPSA) is 28.7 Å². The molecule has 1 unspecified atom stereocenters. The molecule has 2 aliphatic heterocycles. The number of aromatic nitrogens is 1. The lowest BCUT2D eigenvalue weighted by molar-refractivity contribution is 0.777. The minimum atomic E-state index is 0.0407. The van der Waals surface area contributed by atoms with Crippen LogP contribution in [0.4, 0.5) is 0 Å². The lowest BCUT2D eigenvalue weighted by Crippen LogP contribution is -2.58. The zero-order chi connectivity index (χ0) is 52.0. The first kappa shape index (κ1) is 46.5. The maximum absolute atomic E-state index is 10.9. The molecule has 2 nitrogen and oxygen atoms in total. The van der Waals surface area contributed by atoms with E-state index in [9.17, 15) is 5.26 Å². The summed E-state index contributed by atoms with van der Waals surface area (Å²) in [6, 6.07) is 92.2. The van der Waals surface area contributed by atoms with Crippen LogP contribution in [0.5, 0.6) is 0 Å². The van der Waals surface area contributed by atoms with Crippen LogP contribution in [0.3, 0.4) is 0 Å². The fourth-order valence-electron chi connectivity index (χ4n) is 13.1. The van der Waals surface area contributed by atoms with Crippen molar-refractivity contribution in [1.82, 2.24) is 4.57 Å². The number of aryl methyl sites for hydroxylation is 1.